The van der Waals surface area contributed by atoms with Crippen molar-refractivity contribution in [2.75, 3.05) is 26.2 Å². The van der Waals surface area contributed by atoms with Crippen LogP contribution < -0.4 is 0 Å². The first kappa shape index (κ1) is 11.0. The lowest BCUT2D eigenvalue weighted by atomic mass is 10.2. The number of piperazine rings is 1. The maximum Gasteiger partial charge on any atom is 0.0418 e. The molecule has 0 aliphatic carbocycles. The average molecular weight is 273 g/mol. The molecule has 0 unspecified atom stereocenters. The molecule has 2 nitrogen and oxygen atoms in total. The summed E-state index contributed by atoms with van der Waals surface area (Å²) < 4.78 is 13.9. The first-order valence-corrected chi connectivity index (χ1v) is 5.91. The number of hydrogen-bond acceptors (Lipinski definition) is 2. The average Bonchev–Trinajstić information content (AvgIpc) is 2.22. The maximum absolute atomic E-state index is 12.8. The Morgan fingerprint density at radius 2 is 1.93 bits per heavy atom. The van der Waals surface area contributed by atoms with Crippen LogP contribution >= 0.6 is 15.9 Å². The first-order valence-electron chi connectivity index (χ1n) is 5.11. The molecule has 1 aromatic carbocycles. The summed E-state index contributed by atoms with van der Waals surface area (Å²) in [4.78, 5) is 2.28. The van der Waals surface area contributed by atoms with E-state index in [9.17, 15) is 4.48 Å². The SMILES string of the molecule is FN1CCN(Cc2cccc(Br)c2)CC1. The predicted octanol–water partition coefficient (Wildman–Crippen LogP) is 2.45. The van der Waals surface area contributed by atoms with Crippen molar-refractivity contribution in [1.29, 1.82) is 0 Å². The summed E-state index contributed by atoms with van der Waals surface area (Å²) in [5.74, 6) is 0. The van der Waals surface area contributed by atoms with E-state index in [2.05, 4.69) is 33.0 Å². The predicted molar refractivity (Wildman–Crippen MR) is 62.1 cm³/mol. The summed E-state index contributed by atoms with van der Waals surface area (Å²) in [5, 5.41) is 0.886. The second-order valence-electron chi connectivity index (χ2n) is 3.82. The van der Waals surface area contributed by atoms with Crippen LogP contribution in [0.15, 0.2) is 28.7 Å². The highest BCUT2D eigenvalue weighted by molar-refractivity contribution is 9.10. The van der Waals surface area contributed by atoms with Crippen LogP contribution in [0.25, 0.3) is 0 Å². The molecular formula is C11H14BrFN2. The van der Waals surface area contributed by atoms with Gasteiger partial charge in [0.15, 0.2) is 0 Å². The van der Waals surface area contributed by atoms with E-state index in [1.807, 2.05) is 12.1 Å². The highest BCUT2D eigenvalue weighted by atomic mass is 79.9. The highest BCUT2D eigenvalue weighted by Crippen LogP contribution is 2.14. The summed E-state index contributed by atoms with van der Waals surface area (Å²) in [7, 11) is 0. The topological polar surface area (TPSA) is 6.48 Å². The van der Waals surface area contributed by atoms with Gasteiger partial charge in [0.2, 0.25) is 0 Å². The van der Waals surface area contributed by atoms with Gasteiger partial charge in [-0.3, -0.25) is 4.90 Å². The Bertz CT molecular complexity index is 324. The van der Waals surface area contributed by atoms with Gasteiger partial charge in [0.05, 0.1) is 0 Å². The minimum absolute atomic E-state index is 0.522. The molecule has 15 heavy (non-hydrogen) atoms. The van der Waals surface area contributed by atoms with Crippen LogP contribution in [0.1, 0.15) is 5.56 Å². The Morgan fingerprint density at radius 3 is 2.60 bits per heavy atom. The number of nitrogens with zero attached hydrogens (tertiary/aromatic N) is 2. The lowest BCUT2D eigenvalue weighted by Gasteiger charge is -2.29. The van der Waals surface area contributed by atoms with E-state index in [4.69, 9.17) is 0 Å². The van der Waals surface area contributed by atoms with E-state index in [-0.39, 0.29) is 0 Å². The zero-order valence-electron chi connectivity index (χ0n) is 8.50. The number of benzene rings is 1. The van der Waals surface area contributed by atoms with Crippen molar-refractivity contribution in [2.45, 2.75) is 6.54 Å². The lowest BCUT2D eigenvalue weighted by Crippen LogP contribution is -2.42. The van der Waals surface area contributed by atoms with Gasteiger partial charge >= 0.3 is 0 Å². The molecule has 1 aromatic rings. The van der Waals surface area contributed by atoms with Crippen LogP contribution in [0, 0.1) is 0 Å². The van der Waals surface area contributed by atoms with Crippen molar-refractivity contribution in [3.8, 4) is 0 Å². The lowest BCUT2D eigenvalue weighted by molar-refractivity contribution is -0.0235. The summed E-state index contributed by atoms with van der Waals surface area (Å²) in [6.07, 6.45) is 0. The van der Waals surface area contributed by atoms with Crippen molar-refractivity contribution in [1.82, 2.24) is 10.0 Å². The molecule has 1 saturated heterocycles. The molecular weight excluding hydrogens is 259 g/mol. The largest absolute Gasteiger partial charge is 0.296 e. The first-order chi connectivity index (χ1) is 7.24. The Hall–Kier alpha value is -0.450. The fraction of sp³-hybridized carbons (Fsp3) is 0.455. The van der Waals surface area contributed by atoms with E-state index < -0.39 is 0 Å². The molecule has 0 bridgehead atoms. The smallest absolute Gasteiger partial charge is 0.0418 e. The van der Waals surface area contributed by atoms with E-state index in [1.54, 1.807) is 0 Å². The maximum atomic E-state index is 12.8. The van der Waals surface area contributed by atoms with Crippen molar-refractivity contribution in [3.63, 3.8) is 0 Å². The van der Waals surface area contributed by atoms with E-state index in [0.717, 1.165) is 29.2 Å². The summed E-state index contributed by atoms with van der Waals surface area (Å²) in [5.41, 5.74) is 1.27. The van der Waals surface area contributed by atoms with Crippen molar-refractivity contribution in [2.24, 2.45) is 0 Å². The van der Waals surface area contributed by atoms with Crippen LogP contribution in [0.4, 0.5) is 4.48 Å². The normalized spacial score (nSPS) is 19.3. The minimum Gasteiger partial charge on any atom is -0.296 e. The molecule has 1 fully saturated rings. The van der Waals surface area contributed by atoms with Crippen LogP contribution in [0.3, 0.4) is 0 Å². The number of hydrogen-bond donors (Lipinski definition) is 0. The Labute approximate surface area is 97.7 Å². The zero-order chi connectivity index (χ0) is 10.7. The standard InChI is InChI=1S/C11H14BrFN2/c12-11-3-1-2-10(8-11)9-14-4-6-15(13)7-5-14/h1-3,8H,4-7,9H2. The van der Waals surface area contributed by atoms with Gasteiger partial charge in [-0.05, 0) is 17.7 Å². The van der Waals surface area contributed by atoms with Crippen LogP contribution in [0.2, 0.25) is 0 Å². The minimum atomic E-state index is 0.522. The second kappa shape index (κ2) is 5.05. The third-order valence-corrected chi connectivity index (χ3v) is 3.11. The van der Waals surface area contributed by atoms with Gasteiger partial charge in [-0.1, -0.05) is 28.1 Å². The van der Waals surface area contributed by atoms with Gasteiger partial charge in [-0.15, -0.1) is 9.60 Å². The third-order valence-electron chi connectivity index (χ3n) is 2.61. The molecule has 0 saturated carbocycles. The van der Waals surface area contributed by atoms with Crippen molar-refractivity contribution in [3.05, 3.63) is 34.3 Å². The van der Waals surface area contributed by atoms with Gasteiger partial charge in [0, 0.05) is 37.2 Å². The highest BCUT2D eigenvalue weighted by Gasteiger charge is 2.15. The van der Waals surface area contributed by atoms with E-state index >= 15 is 0 Å². The molecule has 1 heterocycles. The molecule has 4 heteroatoms. The third kappa shape index (κ3) is 3.26. The Balaban J connectivity index is 1.92. The number of rotatable bonds is 2. The molecule has 0 radical (unpaired) electrons. The zero-order valence-corrected chi connectivity index (χ0v) is 10.1. The molecule has 0 spiro atoms. The molecule has 0 aromatic heterocycles. The van der Waals surface area contributed by atoms with Crippen LogP contribution in [0.5, 0.6) is 0 Å². The van der Waals surface area contributed by atoms with Gasteiger partial charge in [-0.25, -0.2) is 0 Å². The molecule has 2 rings (SSSR count). The van der Waals surface area contributed by atoms with Gasteiger partial charge in [-0.2, -0.15) is 0 Å². The van der Waals surface area contributed by atoms with Crippen molar-refractivity contribution < 1.29 is 4.48 Å². The molecule has 0 atom stereocenters. The summed E-state index contributed by atoms with van der Waals surface area (Å²) in [6, 6.07) is 8.27. The molecule has 82 valence electrons. The van der Waals surface area contributed by atoms with Crippen LogP contribution in [-0.2, 0) is 6.54 Å². The van der Waals surface area contributed by atoms with E-state index in [0.29, 0.717) is 13.1 Å². The summed E-state index contributed by atoms with van der Waals surface area (Å²) in [6.45, 7) is 3.57. The fourth-order valence-corrected chi connectivity index (χ4v) is 2.22. The second-order valence-corrected chi connectivity index (χ2v) is 4.73. The number of halogens is 2. The monoisotopic (exact) mass is 272 g/mol. The molecule has 0 amide bonds. The van der Waals surface area contributed by atoms with Crippen molar-refractivity contribution >= 4 is 15.9 Å². The Morgan fingerprint density at radius 1 is 1.20 bits per heavy atom. The molecule has 1 aliphatic rings. The van der Waals surface area contributed by atoms with Gasteiger partial charge in [0.25, 0.3) is 0 Å². The van der Waals surface area contributed by atoms with Gasteiger partial charge in [0.1, 0.15) is 0 Å². The summed E-state index contributed by atoms with van der Waals surface area (Å²) >= 11 is 3.45. The quantitative estimate of drug-likeness (QED) is 0.764. The van der Waals surface area contributed by atoms with Gasteiger partial charge < -0.3 is 0 Å². The van der Waals surface area contributed by atoms with E-state index in [1.165, 1.54) is 5.56 Å². The molecule has 0 N–H and O–H groups in total. The Kier molecular flexibility index (Phi) is 3.72. The van der Waals surface area contributed by atoms with Crippen LogP contribution in [-0.4, -0.2) is 36.2 Å². The molecule has 1 aliphatic heterocycles. The fourth-order valence-electron chi connectivity index (χ4n) is 1.78.